The van der Waals surface area contributed by atoms with Crippen molar-refractivity contribution >= 4 is 23.6 Å². The van der Waals surface area contributed by atoms with Crippen molar-refractivity contribution in [3.05, 3.63) is 17.9 Å². The topological polar surface area (TPSA) is 70.8 Å². The van der Waals surface area contributed by atoms with Crippen molar-refractivity contribution in [2.24, 2.45) is 5.92 Å². The summed E-state index contributed by atoms with van der Waals surface area (Å²) in [5, 5.41) is 9.24. The Bertz CT molecular complexity index is 506. The Morgan fingerprint density at radius 2 is 2.00 bits per heavy atom. The van der Waals surface area contributed by atoms with Gasteiger partial charge in [0.1, 0.15) is 0 Å². The van der Waals surface area contributed by atoms with E-state index in [1.807, 2.05) is 11.9 Å². The van der Waals surface area contributed by atoms with Gasteiger partial charge in [-0.3, -0.25) is 4.79 Å². The summed E-state index contributed by atoms with van der Waals surface area (Å²) in [7, 11) is 1.86. The van der Waals surface area contributed by atoms with Gasteiger partial charge in [-0.2, -0.15) is 0 Å². The number of carbonyl (C=O) groups excluding carboxylic acids is 1. The Hall–Kier alpha value is -1.43. The van der Waals surface area contributed by atoms with Gasteiger partial charge < -0.3 is 14.4 Å². The molecule has 0 saturated heterocycles. The third kappa shape index (κ3) is 4.27. The van der Waals surface area contributed by atoms with Crippen molar-refractivity contribution in [3.8, 4) is 0 Å². The van der Waals surface area contributed by atoms with Gasteiger partial charge >= 0.3 is 5.97 Å². The Balaban J connectivity index is 1.81. The Labute approximate surface area is 128 Å². The van der Waals surface area contributed by atoms with Crippen LogP contribution in [0.25, 0.3) is 0 Å². The first-order valence-corrected chi connectivity index (χ1v) is 8.17. The van der Waals surface area contributed by atoms with Crippen LogP contribution in [-0.4, -0.2) is 40.7 Å². The van der Waals surface area contributed by atoms with Crippen LogP contribution in [0.5, 0.6) is 0 Å². The normalized spacial score (nSPS) is 22.0. The molecule has 21 heavy (non-hydrogen) atoms. The van der Waals surface area contributed by atoms with E-state index in [0.717, 1.165) is 18.8 Å². The van der Waals surface area contributed by atoms with Gasteiger partial charge in [0.2, 0.25) is 11.7 Å². The summed E-state index contributed by atoms with van der Waals surface area (Å²) in [6.07, 6.45) is 4.49. The van der Waals surface area contributed by atoms with E-state index in [0.29, 0.717) is 11.1 Å². The van der Waals surface area contributed by atoms with Crippen LogP contribution in [0.4, 0.5) is 0 Å². The standard InChI is InChI=1S/C15H21NO4S/c1-10-3-5-11(6-4-10)16(2)13(17)9-21-14-8-7-12(20-14)15(18)19/h7-8,10-11H,3-6,9H2,1-2H3,(H,18,19). The molecular formula is C15H21NO4S. The number of carbonyl (C=O) groups is 2. The van der Waals surface area contributed by atoms with Crippen molar-refractivity contribution < 1.29 is 19.1 Å². The van der Waals surface area contributed by atoms with E-state index in [1.165, 1.54) is 30.7 Å². The van der Waals surface area contributed by atoms with E-state index in [1.54, 1.807) is 6.07 Å². The zero-order valence-corrected chi connectivity index (χ0v) is 13.2. The molecular weight excluding hydrogens is 290 g/mol. The fraction of sp³-hybridized carbons (Fsp3) is 0.600. The minimum atomic E-state index is -1.10. The first-order chi connectivity index (χ1) is 9.97. The summed E-state index contributed by atoms with van der Waals surface area (Å²) >= 11 is 1.24. The second kappa shape index (κ2) is 7.02. The SMILES string of the molecule is CC1CCC(N(C)C(=O)CSc2ccc(C(=O)O)o2)CC1. The number of furan rings is 1. The van der Waals surface area contributed by atoms with Crippen molar-refractivity contribution in [2.75, 3.05) is 12.8 Å². The van der Waals surface area contributed by atoms with Crippen LogP contribution in [0.1, 0.15) is 43.2 Å². The Kier molecular flexibility index (Phi) is 5.33. The fourth-order valence-corrected chi connectivity index (χ4v) is 3.36. The second-order valence-corrected chi connectivity index (χ2v) is 6.61. The molecule has 0 spiro atoms. The van der Waals surface area contributed by atoms with Crippen LogP contribution < -0.4 is 0 Å². The number of hydrogen-bond acceptors (Lipinski definition) is 4. The van der Waals surface area contributed by atoms with Crippen LogP contribution in [0.3, 0.4) is 0 Å². The van der Waals surface area contributed by atoms with Gasteiger partial charge in [0.15, 0.2) is 5.09 Å². The van der Waals surface area contributed by atoms with Crippen LogP contribution in [0.2, 0.25) is 0 Å². The van der Waals surface area contributed by atoms with Crippen molar-refractivity contribution in [1.29, 1.82) is 0 Å². The highest BCUT2D eigenvalue weighted by Crippen LogP contribution is 2.27. The number of carboxylic acid groups (broad SMARTS) is 1. The molecule has 2 rings (SSSR count). The number of hydrogen-bond donors (Lipinski definition) is 1. The molecule has 116 valence electrons. The number of nitrogens with zero attached hydrogens (tertiary/aromatic N) is 1. The Morgan fingerprint density at radius 3 is 2.57 bits per heavy atom. The van der Waals surface area contributed by atoms with E-state index in [4.69, 9.17) is 9.52 Å². The lowest BCUT2D eigenvalue weighted by Crippen LogP contribution is -2.40. The molecule has 1 aliphatic rings. The van der Waals surface area contributed by atoms with Crippen LogP contribution in [0.15, 0.2) is 21.6 Å². The molecule has 0 unspecified atom stereocenters. The summed E-state index contributed by atoms with van der Waals surface area (Å²) in [6, 6.07) is 3.32. The van der Waals surface area contributed by atoms with E-state index < -0.39 is 5.97 Å². The zero-order chi connectivity index (χ0) is 15.4. The summed E-state index contributed by atoms with van der Waals surface area (Å²) in [5.74, 6) is -0.0968. The molecule has 0 bridgehead atoms. The number of rotatable bonds is 5. The number of aromatic carboxylic acids is 1. The highest BCUT2D eigenvalue weighted by Gasteiger charge is 2.24. The smallest absolute Gasteiger partial charge is 0.371 e. The van der Waals surface area contributed by atoms with E-state index in [9.17, 15) is 9.59 Å². The van der Waals surface area contributed by atoms with Crippen LogP contribution >= 0.6 is 11.8 Å². The van der Waals surface area contributed by atoms with Crippen molar-refractivity contribution in [2.45, 2.75) is 43.7 Å². The lowest BCUT2D eigenvalue weighted by molar-refractivity contribution is -0.129. The summed E-state index contributed by atoms with van der Waals surface area (Å²) in [4.78, 5) is 24.7. The molecule has 0 aromatic carbocycles. The largest absolute Gasteiger partial charge is 0.475 e. The minimum absolute atomic E-state index is 0.0628. The predicted octanol–water partition coefficient (Wildman–Crippen LogP) is 3.11. The van der Waals surface area contributed by atoms with Gasteiger partial charge in [0, 0.05) is 13.1 Å². The third-order valence-electron chi connectivity index (χ3n) is 4.06. The maximum Gasteiger partial charge on any atom is 0.371 e. The lowest BCUT2D eigenvalue weighted by atomic mass is 9.87. The van der Waals surface area contributed by atoms with Gasteiger partial charge in [0.05, 0.1) is 5.75 Å². The summed E-state index contributed by atoms with van der Waals surface area (Å²) in [5.41, 5.74) is 0. The van der Waals surface area contributed by atoms with Gasteiger partial charge in [-0.25, -0.2) is 4.79 Å². The lowest BCUT2D eigenvalue weighted by Gasteiger charge is -2.33. The van der Waals surface area contributed by atoms with Gasteiger partial charge in [-0.15, -0.1) is 0 Å². The maximum absolute atomic E-state index is 12.2. The molecule has 0 aliphatic heterocycles. The number of carboxylic acids is 1. The van der Waals surface area contributed by atoms with E-state index in [2.05, 4.69) is 6.92 Å². The van der Waals surface area contributed by atoms with Gasteiger partial charge in [-0.1, -0.05) is 18.7 Å². The summed E-state index contributed by atoms with van der Waals surface area (Å²) in [6.45, 7) is 2.25. The molecule has 1 heterocycles. The molecule has 1 aromatic rings. The average Bonchev–Trinajstić information content (AvgIpc) is 2.94. The molecule has 0 radical (unpaired) electrons. The fourth-order valence-electron chi connectivity index (χ4n) is 2.58. The van der Waals surface area contributed by atoms with Crippen LogP contribution in [-0.2, 0) is 4.79 Å². The number of amides is 1. The summed E-state index contributed by atoms with van der Waals surface area (Å²) < 4.78 is 5.13. The average molecular weight is 311 g/mol. The van der Waals surface area contributed by atoms with Crippen LogP contribution in [0, 0.1) is 5.92 Å². The number of thioether (sulfide) groups is 1. The first-order valence-electron chi connectivity index (χ1n) is 7.19. The molecule has 1 aromatic heterocycles. The molecule has 1 amide bonds. The van der Waals surface area contributed by atoms with Crippen molar-refractivity contribution in [3.63, 3.8) is 0 Å². The van der Waals surface area contributed by atoms with Crippen molar-refractivity contribution in [1.82, 2.24) is 4.90 Å². The quantitative estimate of drug-likeness (QED) is 0.846. The zero-order valence-electron chi connectivity index (χ0n) is 12.4. The third-order valence-corrected chi connectivity index (χ3v) is 4.95. The Morgan fingerprint density at radius 1 is 1.33 bits per heavy atom. The predicted molar refractivity (Wildman–Crippen MR) is 80.6 cm³/mol. The van der Waals surface area contributed by atoms with Gasteiger partial charge in [-0.05, 0) is 43.7 Å². The molecule has 1 saturated carbocycles. The molecule has 1 fully saturated rings. The monoisotopic (exact) mass is 311 g/mol. The van der Waals surface area contributed by atoms with E-state index in [-0.39, 0.29) is 17.4 Å². The van der Waals surface area contributed by atoms with Gasteiger partial charge in [0.25, 0.3) is 0 Å². The molecule has 5 nitrogen and oxygen atoms in total. The highest BCUT2D eigenvalue weighted by atomic mass is 32.2. The minimum Gasteiger partial charge on any atom is -0.475 e. The molecule has 1 aliphatic carbocycles. The highest BCUT2D eigenvalue weighted by molar-refractivity contribution is 7.99. The molecule has 0 atom stereocenters. The first kappa shape index (κ1) is 15.9. The molecule has 6 heteroatoms. The van der Waals surface area contributed by atoms with E-state index >= 15 is 0 Å². The second-order valence-electron chi connectivity index (χ2n) is 5.63. The molecule has 1 N–H and O–H groups in total. The maximum atomic E-state index is 12.2.